The van der Waals surface area contributed by atoms with Gasteiger partial charge in [0.2, 0.25) is 0 Å². The molecule has 0 aliphatic heterocycles. The predicted octanol–water partition coefficient (Wildman–Crippen LogP) is 3.45. The van der Waals surface area contributed by atoms with E-state index in [9.17, 15) is 4.79 Å². The van der Waals surface area contributed by atoms with E-state index in [1.54, 1.807) is 23.0 Å². The highest BCUT2D eigenvalue weighted by molar-refractivity contribution is 6.15. The molecule has 0 fully saturated rings. The lowest BCUT2D eigenvalue weighted by Crippen LogP contribution is -2.17. The number of pyridine rings is 2. The maximum atomic E-state index is 12.6. The van der Waals surface area contributed by atoms with Crippen molar-refractivity contribution in [2.75, 3.05) is 0 Å². The molecule has 0 aliphatic rings. The lowest BCUT2D eigenvalue weighted by atomic mass is 10.0. The number of rotatable bonds is 0. The third-order valence-electron chi connectivity index (χ3n) is 4.07. The monoisotopic (exact) mass is 278 g/mol. The Hall–Kier alpha value is -2.62. The van der Waals surface area contributed by atoms with Gasteiger partial charge in [-0.05, 0) is 37.6 Å². The van der Waals surface area contributed by atoms with Crippen molar-refractivity contribution in [3.63, 3.8) is 0 Å². The second kappa shape index (κ2) is 3.95. The van der Waals surface area contributed by atoms with Gasteiger partial charge in [0.15, 0.2) is 0 Å². The van der Waals surface area contributed by atoms with Crippen LogP contribution in [-0.2, 0) is 7.05 Å². The molecule has 0 N–H and O–H groups in total. The van der Waals surface area contributed by atoms with Gasteiger partial charge in [0.25, 0.3) is 5.56 Å². The van der Waals surface area contributed by atoms with Gasteiger partial charge in [0, 0.05) is 35.6 Å². The molecule has 0 radical (unpaired) electrons. The fraction of sp³-hybridized carbons (Fsp3) is 0.176. The maximum Gasteiger partial charge on any atom is 0.258 e. The number of benzene rings is 1. The molecule has 4 rings (SSSR count). The van der Waals surface area contributed by atoms with Crippen LogP contribution >= 0.6 is 0 Å². The minimum Gasteiger partial charge on any atom is -0.461 e. The summed E-state index contributed by atoms with van der Waals surface area (Å²) in [5, 5.41) is 3.59. The predicted molar refractivity (Wildman–Crippen MR) is 83.7 cm³/mol. The number of aryl methyl sites for hydroxylation is 3. The summed E-state index contributed by atoms with van der Waals surface area (Å²) in [6.07, 6.45) is 3.42. The van der Waals surface area contributed by atoms with Crippen LogP contribution in [0.15, 0.2) is 39.8 Å². The van der Waals surface area contributed by atoms with Crippen molar-refractivity contribution >= 4 is 32.6 Å². The quantitative estimate of drug-likeness (QED) is 0.463. The molecule has 104 valence electrons. The molecule has 0 atom stereocenters. The van der Waals surface area contributed by atoms with Gasteiger partial charge < -0.3 is 8.98 Å². The first-order valence-electron chi connectivity index (χ1n) is 6.84. The van der Waals surface area contributed by atoms with Crippen LogP contribution in [-0.4, -0.2) is 9.55 Å². The van der Waals surface area contributed by atoms with E-state index in [1.807, 2.05) is 27.0 Å². The summed E-state index contributed by atoms with van der Waals surface area (Å²) < 4.78 is 7.49. The number of aromatic nitrogens is 2. The average Bonchev–Trinajstić information content (AvgIpc) is 2.87. The van der Waals surface area contributed by atoms with E-state index >= 15 is 0 Å². The van der Waals surface area contributed by atoms with Crippen LogP contribution in [0.5, 0.6) is 0 Å². The van der Waals surface area contributed by atoms with Crippen LogP contribution < -0.4 is 5.56 Å². The Bertz CT molecular complexity index is 1090. The van der Waals surface area contributed by atoms with E-state index in [1.165, 1.54) is 0 Å². The van der Waals surface area contributed by atoms with Crippen molar-refractivity contribution < 1.29 is 4.42 Å². The van der Waals surface area contributed by atoms with Crippen molar-refractivity contribution in [1.29, 1.82) is 0 Å². The first-order chi connectivity index (χ1) is 10.1. The zero-order chi connectivity index (χ0) is 14.7. The van der Waals surface area contributed by atoms with E-state index in [0.29, 0.717) is 5.39 Å². The fourth-order valence-corrected chi connectivity index (χ4v) is 3.12. The molecule has 0 saturated carbocycles. The Morgan fingerprint density at radius 2 is 1.90 bits per heavy atom. The molecule has 0 spiro atoms. The highest BCUT2D eigenvalue weighted by atomic mass is 16.3. The second-order valence-corrected chi connectivity index (χ2v) is 5.47. The Morgan fingerprint density at radius 3 is 2.71 bits per heavy atom. The second-order valence-electron chi connectivity index (χ2n) is 5.47. The van der Waals surface area contributed by atoms with Crippen molar-refractivity contribution in [3.8, 4) is 0 Å². The van der Waals surface area contributed by atoms with Crippen LogP contribution in [0, 0.1) is 13.8 Å². The van der Waals surface area contributed by atoms with Gasteiger partial charge in [0.05, 0.1) is 10.9 Å². The number of hydrogen-bond acceptors (Lipinski definition) is 3. The van der Waals surface area contributed by atoms with E-state index in [-0.39, 0.29) is 5.56 Å². The minimum absolute atomic E-state index is 0.0103. The molecule has 0 unspecified atom stereocenters. The van der Waals surface area contributed by atoms with Gasteiger partial charge in [-0.15, -0.1) is 0 Å². The first-order valence-corrected chi connectivity index (χ1v) is 6.84. The highest BCUT2D eigenvalue weighted by Crippen LogP contribution is 2.33. The van der Waals surface area contributed by atoms with E-state index in [4.69, 9.17) is 4.42 Å². The standard InChI is InChI=1S/C17H14N2O2/c1-9-6-12-14-8-18-5-4-11(14)17(20)19(3)15(12)13-7-10(2)21-16(9)13/h4-8H,1-3H3. The fourth-order valence-electron chi connectivity index (χ4n) is 3.12. The molecule has 0 saturated heterocycles. The van der Waals surface area contributed by atoms with Gasteiger partial charge in [-0.25, -0.2) is 0 Å². The molecule has 4 nitrogen and oxygen atoms in total. The number of hydrogen-bond donors (Lipinski definition) is 0. The third-order valence-corrected chi connectivity index (χ3v) is 4.07. The van der Waals surface area contributed by atoms with Gasteiger partial charge in [-0.3, -0.25) is 9.78 Å². The maximum absolute atomic E-state index is 12.6. The summed E-state index contributed by atoms with van der Waals surface area (Å²) in [5.74, 6) is 0.847. The summed E-state index contributed by atoms with van der Waals surface area (Å²) in [6.45, 7) is 3.95. The zero-order valence-corrected chi connectivity index (χ0v) is 12.1. The molecule has 0 aliphatic carbocycles. The van der Waals surface area contributed by atoms with Crippen molar-refractivity contribution in [2.24, 2.45) is 7.05 Å². The van der Waals surface area contributed by atoms with Crippen LogP contribution in [0.1, 0.15) is 11.3 Å². The molecular formula is C17H14N2O2. The highest BCUT2D eigenvalue weighted by Gasteiger charge is 2.15. The Labute approximate surface area is 120 Å². The summed E-state index contributed by atoms with van der Waals surface area (Å²) >= 11 is 0. The zero-order valence-electron chi connectivity index (χ0n) is 12.1. The largest absolute Gasteiger partial charge is 0.461 e. The number of furan rings is 1. The van der Waals surface area contributed by atoms with Crippen LogP contribution in [0.3, 0.4) is 0 Å². The summed E-state index contributed by atoms with van der Waals surface area (Å²) in [6, 6.07) is 5.84. The molecular weight excluding hydrogens is 264 g/mol. The van der Waals surface area contributed by atoms with Gasteiger partial charge >= 0.3 is 0 Å². The van der Waals surface area contributed by atoms with Gasteiger partial charge in [0.1, 0.15) is 11.3 Å². The smallest absolute Gasteiger partial charge is 0.258 e. The molecule has 0 amide bonds. The molecule has 3 heterocycles. The average molecular weight is 278 g/mol. The topological polar surface area (TPSA) is 48.0 Å². The lowest BCUT2D eigenvalue weighted by Gasteiger charge is -2.10. The molecule has 3 aromatic heterocycles. The van der Waals surface area contributed by atoms with E-state index in [2.05, 4.69) is 11.1 Å². The Morgan fingerprint density at radius 1 is 1.10 bits per heavy atom. The van der Waals surface area contributed by atoms with Crippen LogP contribution in [0.4, 0.5) is 0 Å². The lowest BCUT2D eigenvalue weighted by molar-refractivity contribution is 0.576. The Kier molecular flexibility index (Phi) is 2.28. The molecule has 4 heteroatoms. The minimum atomic E-state index is -0.0103. The number of fused-ring (bicyclic) bond motifs is 5. The van der Waals surface area contributed by atoms with Crippen LogP contribution in [0.25, 0.3) is 32.6 Å². The first kappa shape index (κ1) is 12.1. The summed E-state index contributed by atoms with van der Waals surface area (Å²) in [4.78, 5) is 16.8. The SMILES string of the molecule is Cc1cc2c(o1)c(C)cc1c3cnccc3c(=O)n(C)c21. The van der Waals surface area contributed by atoms with Gasteiger partial charge in [-0.2, -0.15) is 0 Å². The summed E-state index contributed by atoms with van der Waals surface area (Å²) in [5.41, 5.74) is 2.80. The van der Waals surface area contributed by atoms with E-state index < -0.39 is 0 Å². The molecule has 4 aromatic rings. The summed E-state index contributed by atoms with van der Waals surface area (Å²) in [7, 11) is 1.81. The Balaban J connectivity index is 2.44. The number of nitrogens with zero attached hydrogens (tertiary/aromatic N) is 2. The van der Waals surface area contributed by atoms with Crippen molar-refractivity contribution in [1.82, 2.24) is 9.55 Å². The van der Waals surface area contributed by atoms with Crippen molar-refractivity contribution in [2.45, 2.75) is 13.8 Å². The van der Waals surface area contributed by atoms with E-state index in [0.717, 1.165) is 38.6 Å². The molecule has 21 heavy (non-hydrogen) atoms. The third kappa shape index (κ3) is 1.50. The molecule has 1 aromatic carbocycles. The molecule has 0 bridgehead atoms. The van der Waals surface area contributed by atoms with Crippen LogP contribution in [0.2, 0.25) is 0 Å². The van der Waals surface area contributed by atoms with Crippen molar-refractivity contribution in [3.05, 3.63) is 52.3 Å². The normalized spacial score (nSPS) is 11.8. The van der Waals surface area contributed by atoms with Gasteiger partial charge in [-0.1, -0.05) is 0 Å².